The van der Waals surface area contributed by atoms with Crippen LogP contribution in [0.15, 0.2) is 23.1 Å². The van der Waals surface area contributed by atoms with Gasteiger partial charge in [-0.15, -0.1) is 0 Å². The van der Waals surface area contributed by atoms with Crippen LogP contribution >= 0.6 is 39.1 Å². The van der Waals surface area contributed by atoms with Crippen LogP contribution in [-0.2, 0) is 0 Å². The van der Waals surface area contributed by atoms with Crippen LogP contribution in [0.25, 0.3) is 11.2 Å². The Morgan fingerprint density at radius 1 is 1.24 bits per heavy atom. The van der Waals surface area contributed by atoms with Gasteiger partial charge in [-0.25, -0.2) is 9.97 Å². The first kappa shape index (κ1) is 14.2. The highest BCUT2D eigenvalue weighted by Crippen LogP contribution is 2.21. The van der Waals surface area contributed by atoms with E-state index in [1.807, 2.05) is 0 Å². The average molecular weight is 388 g/mol. The second-order valence-corrected chi connectivity index (χ2v) is 5.52. The molecule has 3 aromatic rings. The normalized spacial score (nSPS) is 10.8. The fraction of sp³-hybridized carbons (Fsp3) is 0. The Morgan fingerprint density at radius 2 is 2.05 bits per heavy atom. The SMILES string of the molecule is O=C(Nc1nc(Cl)c2[nH]cnc2n1)c1cc(Br)cnc1Cl. The third-order valence-corrected chi connectivity index (χ3v) is 3.53. The Morgan fingerprint density at radius 3 is 2.86 bits per heavy atom. The predicted molar refractivity (Wildman–Crippen MR) is 81.6 cm³/mol. The van der Waals surface area contributed by atoms with Crippen LogP contribution in [0.2, 0.25) is 10.3 Å². The Bertz CT molecular complexity index is 852. The smallest absolute Gasteiger partial charge is 0.261 e. The lowest BCUT2D eigenvalue weighted by Gasteiger charge is -2.05. The van der Waals surface area contributed by atoms with E-state index in [1.165, 1.54) is 12.5 Å². The molecule has 10 heteroatoms. The van der Waals surface area contributed by atoms with Crippen molar-refractivity contribution in [2.75, 3.05) is 5.32 Å². The van der Waals surface area contributed by atoms with Gasteiger partial charge < -0.3 is 4.98 Å². The zero-order valence-electron chi connectivity index (χ0n) is 10.1. The monoisotopic (exact) mass is 386 g/mol. The molecule has 0 unspecified atom stereocenters. The van der Waals surface area contributed by atoms with Gasteiger partial charge in [0.15, 0.2) is 10.8 Å². The molecule has 0 aliphatic rings. The van der Waals surface area contributed by atoms with Crippen LogP contribution in [0.3, 0.4) is 0 Å². The number of amides is 1. The summed E-state index contributed by atoms with van der Waals surface area (Å²) in [5.74, 6) is -0.472. The summed E-state index contributed by atoms with van der Waals surface area (Å²) in [5, 5.41) is 2.73. The van der Waals surface area contributed by atoms with Gasteiger partial charge in [-0.2, -0.15) is 9.97 Å². The minimum absolute atomic E-state index is 0.0284. The van der Waals surface area contributed by atoms with E-state index >= 15 is 0 Å². The van der Waals surface area contributed by atoms with Crippen LogP contribution < -0.4 is 5.32 Å². The molecule has 3 rings (SSSR count). The second-order valence-electron chi connectivity index (χ2n) is 3.89. The number of carbonyl (C=O) groups is 1. The number of carbonyl (C=O) groups excluding carboxylic acids is 1. The van der Waals surface area contributed by atoms with Gasteiger partial charge in [-0.05, 0) is 22.0 Å². The number of halogens is 3. The van der Waals surface area contributed by atoms with E-state index in [1.54, 1.807) is 6.07 Å². The number of nitrogens with zero attached hydrogens (tertiary/aromatic N) is 4. The molecule has 0 spiro atoms. The zero-order chi connectivity index (χ0) is 15.0. The average Bonchev–Trinajstić information content (AvgIpc) is 2.90. The summed E-state index contributed by atoms with van der Waals surface area (Å²) in [6.45, 7) is 0. The number of anilines is 1. The minimum Gasteiger partial charge on any atom is -0.341 e. The van der Waals surface area contributed by atoms with Crippen LogP contribution in [0, 0.1) is 0 Å². The molecule has 1 amide bonds. The van der Waals surface area contributed by atoms with Gasteiger partial charge in [-0.3, -0.25) is 10.1 Å². The standard InChI is InChI=1S/C11H5BrCl2N6O/c12-4-1-5(7(13)15-2-4)10(21)20-11-18-8(14)6-9(19-11)17-3-16-6/h1-3H,(H2,16,17,18,19,20,21). The van der Waals surface area contributed by atoms with E-state index in [9.17, 15) is 4.79 Å². The quantitative estimate of drug-likeness (QED) is 0.520. The number of H-pyrrole nitrogens is 1. The first-order valence-corrected chi connectivity index (χ1v) is 7.08. The molecular formula is C11H5BrCl2N6O. The first-order valence-electron chi connectivity index (χ1n) is 5.53. The summed E-state index contributed by atoms with van der Waals surface area (Å²) in [7, 11) is 0. The molecule has 3 aromatic heterocycles. The van der Waals surface area contributed by atoms with Crippen molar-refractivity contribution in [3.63, 3.8) is 0 Å². The summed E-state index contributed by atoms with van der Waals surface area (Å²) in [5.41, 5.74) is 1.04. The van der Waals surface area contributed by atoms with Crippen LogP contribution in [0.1, 0.15) is 10.4 Å². The lowest BCUT2D eigenvalue weighted by atomic mass is 10.3. The number of hydrogen-bond acceptors (Lipinski definition) is 5. The number of rotatable bonds is 2. The maximum atomic E-state index is 12.2. The molecular weight excluding hydrogens is 383 g/mol. The summed E-state index contributed by atoms with van der Waals surface area (Å²) in [6, 6.07) is 1.54. The zero-order valence-corrected chi connectivity index (χ0v) is 13.2. The largest absolute Gasteiger partial charge is 0.341 e. The van der Waals surface area contributed by atoms with Gasteiger partial charge in [0.2, 0.25) is 5.95 Å². The molecule has 0 radical (unpaired) electrons. The van der Waals surface area contributed by atoms with Crippen molar-refractivity contribution in [3.8, 4) is 0 Å². The maximum Gasteiger partial charge on any atom is 0.261 e. The number of hydrogen-bond donors (Lipinski definition) is 2. The molecule has 0 atom stereocenters. The highest BCUT2D eigenvalue weighted by atomic mass is 79.9. The van der Waals surface area contributed by atoms with E-state index in [4.69, 9.17) is 23.2 Å². The van der Waals surface area contributed by atoms with Gasteiger partial charge in [0.05, 0.1) is 11.9 Å². The van der Waals surface area contributed by atoms with Gasteiger partial charge >= 0.3 is 0 Å². The van der Waals surface area contributed by atoms with Crippen molar-refractivity contribution in [2.24, 2.45) is 0 Å². The Balaban J connectivity index is 1.94. The fourth-order valence-corrected chi connectivity index (χ4v) is 2.34. The molecule has 0 saturated heterocycles. The Labute approximate surface area is 136 Å². The van der Waals surface area contributed by atoms with E-state index in [0.29, 0.717) is 15.6 Å². The molecule has 0 aliphatic carbocycles. The van der Waals surface area contributed by atoms with Crippen LogP contribution in [0.5, 0.6) is 0 Å². The van der Waals surface area contributed by atoms with Crippen molar-refractivity contribution in [1.29, 1.82) is 0 Å². The van der Waals surface area contributed by atoms with Crippen LogP contribution in [-0.4, -0.2) is 30.8 Å². The van der Waals surface area contributed by atoms with Crippen molar-refractivity contribution in [2.45, 2.75) is 0 Å². The van der Waals surface area contributed by atoms with Gasteiger partial charge in [0.1, 0.15) is 10.7 Å². The highest BCUT2D eigenvalue weighted by Gasteiger charge is 2.15. The Kier molecular flexibility index (Phi) is 3.75. The van der Waals surface area contributed by atoms with Crippen molar-refractivity contribution in [1.82, 2.24) is 24.9 Å². The third-order valence-electron chi connectivity index (χ3n) is 2.52. The lowest BCUT2D eigenvalue weighted by molar-refractivity contribution is 0.102. The summed E-state index contributed by atoms with van der Waals surface area (Å²) in [6.07, 6.45) is 2.92. The predicted octanol–water partition coefficient (Wildman–Crippen LogP) is 3.07. The molecule has 2 N–H and O–H groups in total. The van der Waals surface area contributed by atoms with Gasteiger partial charge in [0, 0.05) is 10.7 Å². The molecule has 0 bridgehead atoms. The van der Waals surface area contributed by atoms with E-state index in [-0.39, 0.29) is 21.8 Å². The molecule has 0 saturated carbocycles. The number of aromatic nitrogens is 5. The number of imidazole rings is 1. The fourth-order valence-electron chi connectivity index (χ4n) is 1.60. The van der Waals surface area contributed by atoms with Crippen molar-refractivity contribution < 1.29 is 4.79 Å². The van der Waals surface area contributed by atoms with Crippen LogP contribution in [0.4, 0.5) is 5.95 Å². The highest BCUT2D eigenvalue weighted by molar-refractivity contribution is 9.10. The van der Waals surface area contributed by atoms with E-state index < -0.39 is 5.91 Å². The summed E-state index contributed by atoms with van der Waals surface area (Å²) >= 11 is 15.1. The maximum absolute atomic E-state index is 12.2. The third kappa shape index (κ3) is 2.82. The first-order chi connectivity index (χ1) is 10.0. The molecule has 0 aromatic carbocycles. The molecule has 0 aliphatic heterocycles. The number of pyridine rings is 1. The molecule has 106 valence electrons. The van der Waals surface area contributed by atoms with E-state index in [2.05, 4.69) is 46.2 Å². The number of fused-ring (bicyclic) bond motifs is 1. The molecule has 3 heterocycles. The van der Waals surface area contributed by atoms with Crippen molar-refractivity contribution >= 4 is 62.2 Å². The summed E-state index contributed by atoms with van der Waals surface area (Å²) in [4.78, 5) is 30.8. The van der Waals surface area contributed by atoms with E-state index in [0.717, 1.165) is 0 Å². The lowest BCUT2D eigenvalue weighted by Crippen LogP contribution is -2.15. The number of aromatic amines is 1. The minimum atomic E-state index is -0.500. The molecule has 7 nitrogen and oxygen atoms in total. The number of nitrogens with one attached hydrogen (secondary N) is 2. The topological polar surface area (TPSA) is 96.5 Å². The second kappa shape index (κ2) is 5.55. The molecule has 0 fully saturated rings. The Hall–Kier alpha value is -1.77. The molecule has 21 heavy (non-hydrogen) atoms. The van der Waals surface area contributed by atoms with Gasteiger partial charge in [-0.1, -0.05) is 23.2 Å². The summed E-state index contributed by atoms with van der Waals surface area (Å²) < 4.78 is 0.624. The van der Waals surface area contributed by atoms with Crippen molar-refractivity contribution in [3.05, 3.63) is 38.9 Å². The van der Waals surface area contributed by atoms with Gasteiger partial charge in [0.25, 0.3) is 5.91 Å².